The van der Waals surface area contributed by atoms with E-state index in [0.29, 0.717) is 0 Å². The molecule has 0 heterocycles. The van der Waals surface area contributed by atoms with Gasteiger partial charge in [-0.3, -0.25) is 4.84 Å². The molecule has 0 fully saturated rings. The molecule has 0 radical (unpaired) electrons. The van der Waals surface area contributed by atoms with Gasteiger partial charge in [0.05, 0.1) is 7.11 Å². The third kappa shape index (κ3) is 3.93. The highest BCUT2D eigenvalue weighted by atomic mass is 17.2. The Balaban J connectivity index is 3.10. The fourth-order valence-electron chi connectivity index (χ4n) is 0.127. The van der Waals surface area contributed by atoms with Crippen LogP contribution in [-0.2, 0) is 9.78 Å². The van der Waals surface area contributed by atoms with E-state index in [9.17, 15) is 10.4 Å². The predicted octanol–water partition coefficient (Wildman–Crippen LogP) is -0.376. The van der Waals surface area contributed by atoms with Crippen molar-refractivity contribution in [2.75, 3.05) is 14.2 Å². The first-order valence-corrected chi connectivity index (χ1v) is 1.77. The minimum atomic E-state index is -0.312. The summed E-state index contributed by atoms with van der Waals surface area (Å²) in [4.78, 5) is 7.61. The average molecular weight is 122 g/mol. The molecule has 8 heavy (non-hydrogen) atoms. The maximum absolute atomic E-state index is 9.85. The molecule has 0 unspecified atom stereocenters. The SMILES string of the molecule is CON([O-])ON(C)[O-]. The van der Waals surface area contributed by atoms with Gasteiger partial charge in [-0.25, -0.2) is 10.2 Å². The Kier molecular flexibility index (Phi) is 3.61. The van der Waals surface area contributed by atoms with Crippen LogP contribution < -0.4 is 0 Å². The van der Waals surface area contributed by atoms with E-state index < -0.39 is 0 Å². The maximum Gasteiger partial charge on any atom is 0.0591 e. The van der Waals surface area contributed by atoms with Crippen LogP contribution in [0.4, 0.5) is 0 Å². The largest absolute Gasteiger partial charge is 0.761 e. The summed E-state index contributed by atoms with van der Waals surface area (Å²) in [5.74, 6) is 0. The second-order valence-electron chi connectivity index (χ2n) is 0.928. The topological polar surface area (TPSA) is 71.1 Å². The minimum absolute atomic E-state index is 0.0312. The number of nitrogens with zero attached hydrogens (tertiary/aromatic N) is 2. The van der Waals surface area contributed by atoms with Gasteiger partial charge in [0.2, 0.25) is 0 Å². The molecule has 0 bridgehead atoms. The van der Waals surface area contributed by atoms with Crippen molar-refractivity contribution in [2.24, 2.45) is 0 Å². The van der Waals surface area contributed by atoms with Gasteiger partial charge in [0, 0.05) is 7.05 Å². The summed E-state index contributed by atoms with van der Waals surface area (Å²) >= 11 is 0. The third-order valence-electron chi connectivity index (χ3n) is 0.331. The Morgan fingerprint density at radius 1 is 1.38 bits per heavy atom. The van der Waals surface area contributed by atoms with E-state index in [1.54, 1.807) is 0 Å². The molecule has 0 amide bonds. The van der Waals surface area contributed by atoms with E-state index in [1.807, 2.05) is 0 Å². The lowest BCUT2D eigenvalue weighted by Crippen LogP contribution is -2.23. The first-order valence-electron chi connectivity index (χ1n) is 1.77. The zero-order valence-corrected chi connectivity index (χ0v) is 4.53. The quantitative estimate of drug-likeness (QED) is 0.475. The zero-order valence-electron chi connectivity index (χ0n) is 4.53. The van der Waals surface area contributed by atoms with Crippen molar-refractivity contribution in [3.63, 3.8) is 0 Å². The molecule has 0 N–H and O–H groups in total. The first kappa shape index (κ1) is 7.76. The summed E-state index contributed by atoms with van der Waals surface area (Å²) in [6, 6.07) is 0. The summed E-state index contributed by atoms with van der Waals surface area (Å²) in [5.41, 5.74) is 0. The Morgan fingerprint density at radius 2 is 1.88 bits per heavy atom. The van der Waals surface area contributed by atoms with Crippen LogP contribution in [0.1, 0.15) is 0 Å². The lowest BCUT2D eigenvalue weighted by atomic mass is 11.5. The van der Waals surface area contributed by atoms with Gasteiger partial charge in [0.1, 0.15) is 0 Å². The third-order valence-corrected chi connectivity index (χ3v) is 0.331. The zero-order chi connectivity index (χ0) is 6.57. The molecule has 0 aromatic carbocycles. The van der Waals surface area contributed by atoms with Gasteiger partial charge in [0.15, 0.2) is 0 Å². The predicted molar refractivity (Wildman–Crippen MR) is 24.4 cm³/mol. The van der Waals surface area contributed by atoms with Gasteiger partial charge < -0.3 is 10.4 Å². The fraction of sp³-hybridized carbons (Fsp3) is 1.00. The van der Waals surface area contributed by atoms with Crippen LogP contribution in [0.25, 0.3) is 0 Å². The Labute approximate surface area is 46.2 Å². The van der Waals surface area contributed by atoms with E-state index in [0.717, 1.165) is 14.2 Å². The van der Waals surface area contributed by atoms with Crippen molar-refractivity contribution < 1.29 is 9.78 Å². The van der Waals surface area contributed by atoms with Gasteiger partial charge in [-0.15, -0.1) is 5.39 Å². The molecule has 0 saturated heterocycles. The molecule has 0 aliphatic carbocycles. The minimum Gasteiger partial charge on any atom is -0.761 e. The fourth-order valence-corrected chi connectivity index (χ4v) is 0.127. The highest BCUT2D eigenvalue weighted by Gasteiger charge is 1.82. The molecule has 0 aliphatic heterocycles. The second-order valence-corrected chi connectivity index (χ2v) is 0.928. The van der Waals surface area contributed by atoms with Gasteiger partial charge in [-0.05, 0) is 0 Å². The van der Waals surface area contributed by atoms with Crippen LogP contribution >= 0.6 is 0 Å². The highest BCUT2D eigenvalue weighted by molar-refractivity contribution is 4.22. The van der Waals surface area contributed by atoms with Gasteiger partial charge in [0.25, 0.3) is 0 Å². The van der Waals surface area contributed by atoms with Gasteiger partial charge >= 0.3 is 0 Å². The summed E-state index contributed by atoms with van der Waals surface area (Å²) in [5, 5.41) is 19.3. The van der Waals surface area contributed by atoms with Crippen LogP contribution in [0.5, 0.6) is 0 Å². The second kappa shape index (κ2) is 3.72. The molecule has 0 aromatic rings. The van der Waals surface area contributed by atoms with E-state index >= 15 is 0 Å². The molecule has 50 valence electrons. The molecule has 0 atom stereocenters. The first-order chi connectivity index (χ1) is 3.66. The van der Waals surface area contributed by atoms with Crippen molar-refractivity contribution in [1.82, 2.24) is 10.6 Å². The van der Waals surface area contributed by atoms with Crippen LogP contribution in [0.15, 0.2) is 0 Å². The molecule has 0 aromatic heterocycles. The normalized spacial score (nSPS) is 11.2. The molecule has 0 spiro atoms. The van der Waals surface area contributed by atoms with Crippen molar-refractivity contribution in [1.29, 1.82) is 0 Å². The maximum atomic E-state index is 9.85. The van der Waals surface area contributed by atoms with Gasteiger partial charge in [-0.1, -0.05) is 0 Å². The van der Waals surface area contributed by atoms with Crippen molar-refractivity contribution in [3.05, 3.63) is 10.4 Å². The molecule has 6 nitrogen and oxygen atoms in total. The molecule has 0 aliphatic rings. The molecule has 6 heteroatoms. The van der Waals surface area contributed by atoms with E-state index in [-0.39, 0.29) is 10.6 Å². The smallest absolute Gasteiger partial charge is 0.0591 e. The standard InChI is InChI=1S/C2H6N2O4/c1-3(5)8-4(6)7-2/h1-2H3/q-2. The van der Waals surface area contributed by atoms with E-state index in [1.165, 1.54) is 0 Å². The lowest BCUT2D eigenvalue weighted by molar-refractivity contribution is -0.404. The van der Waals surface area contributed by atoms with E-state index in [4.69, 9.17) is 0 Å². The summed E-state index contributed by atoms with van der Waals surface area (Å²) in [7, 11) is 2.10. The van der Waals surface area contributed by atoms with Crippen LogP contribution in [0, 0.1) is 10.4 Å². The van der Waals surface area contributed by atoms with Crippen LogP contribution in [0.3, 0.4) is 0 Å². The Morgan fingerprint density at radius 3 is 2.00 bits per heavy atom. The van der Waals surface area contributed by atoms with E-state index in [2.05, 4.69) is 9.78 Å². The number of rotatable bonds is 3. The average Bonchev–Trinajstić information content (AvgIpc) is 1.65. The summed E-state index contributed by atoms with van der Waals surface area (Å²) < 4.78 is 0. The molecule has 0 rings (SSSR count). The molecule has 0 saturated carbocycles. The van der Waals surface area contributed by atoms with Crippen molar-refractivity contribution >= 4 is 0 Å². The lowest BCUT2D eigenvalue weighted by Gasteiger charge is -2.30. The van der Waals surface area contributed by atoms with Crippen molar-refractivity contribution in [3.8, 4) is 0 Å². The van der Waals surface area contributed by atoms with Gasteiger partial charge in [-0.2, -0.15) is 0 Å². The molecular formula is C2H6N2O4-2. The monoisotopic (exact) mass is 122 g/mol. The highest BCUT2D eigenvalue weighted by Crippen LogP contribution is 1.87. The van der Waals surface area contributed by atoms with Crippen LogP contribution in [-0.4, -0.2) is 24.8 Å². The van der Waals surface area contributed by atoms with Crippen molar-refractivity contribution in [2.45, 2.75) is 0 Å². The summed E-state index contributed by atoms with van der Waals surface area (Å²) in [6.07, 6.45) is 0. The Bertz CT molecular complexity index is 58.0. The molecular weight excluding hydrogens is 116 g/mol. The van der Waals surface area contributed by atoms with Crippen LogP contribution in [0.2, 0.25) is 0 Å². The number of hydroxylamine groups is 2. The Hall–Kier alpha value is -0.240. The number of hydrogen-bond acceptors (Lipinski definition) is 6. The summed E-state index contributed by atoms with van der Waals surface area (Å²) in [6.45, 7) is 0. The number of hydrogen-bond donors (Lipinski definition) is 0.